The molecule has 0 unspecified atom stereocenters. The third-order valence-corrected chi connectivity index (χ3v) is 16.8. The van der Waals surface area contributed by atoms with Gasteiger partial charge in [-0.2, -0.15) is 0 Å². The van der Waals surface area contributed by atoms with Crippen LogP contribution in [0.2, 0.25) is 0 Å². The first-order chi connectivity index (χ1) is 28.3. The van der Waals surface area contributed by atoms with Crippen molar-refractivity contribution >= 4 is 44.1 Å². The SMILES string of the molecule is CC1=CCC[C@@]2(C)[C@@H](CC[C@@]2(O)CN(C[C@@H]2CC[C@H]3C[C@@H]2C3(C)C)C(=O)Oc2ccc3ccccc3c2)c2ccc(cc2C(=O)c2cc3ccccc3s2)C[C@@H](O)CC1. The number of aliphatic hydroxyl groups excluding tert-OH is 1. The fourth-order valence-corrected chi connectivity index (χ4v) is 12.8. The highest BCUT2D eigenvalue weighted by Crippen LogP contribution is 2.62. The molecule has 4 saturated carbocycles. The summed E-state index contributed by atoms with van der Waals surface area (Å²) < 4.78 is 7.33. The highest BCUT2D eigenvalue weighted by atomic mass is 32.1. The van der Waals surface area contributed by atoms with Gasteiger partial charge in [0.15, 0.2) is 0 Å². The molecule has 7 heteroatoms. The van der Waals surface area contributed by atoms with Gasteiger partial charge in [-0.1, -0.05) is 93.1 Å². The Balaban J connectivity index is 1.09. The number of aliphatic hydroxyl groups is 2. The molecule has 6 aliphatic rings. The molecule has 308 valence electrons. The maximum absolute atomic E-state index is 14.8. The van der Waals surface area contributed by atoms with Crippen molar-refractivity contribution in [2.24, 2.45) is 28.6 Å². The second-order valence-electron chi connectivity index (χ2n) is 19.4. The number of nitrogens with zero attached hydrogens (tertiary/aromatic N) is 1. The van der Waals surface area contributed by atoms with Crippen LogP contribution in [-0.2, 0) is 6.42 Å². The van der Waals surface area contributed by atoms with Crippen LogP contribution < -0.4 is 4.74 Å². The maximum atomic E-state index is 14.8. The van der Waals surface area contributed by atoms with E-state index < -0.39 is 23.2 Å². The molecular formula is C52H59NO5S. The van der Waals surface area contributed by atoms with Gasteiger partial charge in [-0.05, 0) is 158 Å². The number of fused-ring (bicyclic) bond motifs is 12. The van der Waals surface area contributed by atoms with Gasteiger partial charge in [0.2, 0.25) is 5.78 Å². The molecule has 4 fully saturated rings. The van der Waals surface area contributed by atoms with Gasteiger partial charge >= 0.3 is 6.09 Å². The van der Waals surface area contributed by atoms with Crippen molar-refractivity contribution in [3.05, 3.63) is 124 Å². The number of hydrogen-bond donors (Lipinski definition) is 2. The molecule has 0 saturated heterocycles. The van der Waals surface area contributed by atoms with Crippen molar-refractivity contribution in [1.29, 1.82) is 0 Å². The molecule has 4 aromatic carbocycles. The van der Waals surface area contributed by atoms with Crippen LogP contribution in [0.3, 0.4) is 0 Å². The number of allylic oxidation sites excluding steroid dienone is 2. The van der Waals surface area contributed by atoms with Gasteiger partial charge in [0.25, 0.3) is 0 Å². The average molecular weight is 810 g/mol. The third-order valence-electron chi connectivity index (χ3n) is 15.7. The Morgan fingerprint density at radius 2 is 1.64 bits per heavy atom. The third kappa shape index (κ3) is 7.46. The molecule has 6 aliphatic carbocycles. The van der Waals surface area contributed by atoms with Crippen LogP contribution >= 0.6 is 11.3 Å². The summed E-state index contributed by atoms with van der Waals surface area (Å²) in [7, 11) is 0. The summed E-state index contributed by atoms with van der Waals surface area (Å²) in [6, 6.07) is 30.2. The monoisotopic (exact) mass is 809 g/mol. The second-order valence-corrected chi connectivity index (χ2v) is 20.5. The quantitative estimate of drug-likeness (QED) is 0.126. The van der Waals surface area contributed by atoms with Crippen molar-refractivity contribution in [2.45, 2.75) is 110 Å². The van der Waals surface area contributed by atoms with E-state index >= 15 is 0 Å². The summed E-state index contributed by atoms with van der Waals surface area (Å²) >= 11 is 1.52. The van der Waals surface area contributed by atoms with E-state index in [1.54, 1.807) is 0 Å². The highest BCUT2D eigenvalue weighted by Gasteiger charge is 2.59. The maximum Gasteiger partial charge on any atom is 0.415 e. The Labute approximate surface area is 353 Å². The highest BCUT2D eigenvalue weighted by molar-refractivity contribution is 7.21. The minimum Gasteiger partial charge on any atom is -0.410 e. The topological polar surface area (TPSA) is 87.1 Å². The molecule has 0 aliphatic heterocycles. The first kappa shape index (κ1) is 40.1. The zero-order valence-electron chi connectivity index (χ0n) is 35.1. The van der Waals surface area contributed by atoms with E-state index in [-0.39, 0.29) is 23.7 Å². The number of hydrogen-bond acceptors (Lipinski definition) is 6. The first-order valence-electron chi connectivity index (χ1n) is 22.0. The standard InChI is InChI=1S/C52H59NO5S/c1-33-10-9-24-51(4)44(42-22-16-34(26-40(54)20-15-33)27-43(42)48(55)47-29-37-13-7-8-14-46(37)59-47)23-25-52(51,57)32-53(31-38-17-19-39-30-45(38)50(39,2)3)49(56)58-41-21-18-35-11-5-6-12-36(35)28-41/h5-8,10-14,16,18,21-22,27-29,38-40,44-45,54,57H,9,15,17,19-20,23-26,30-32H2,1-4H3/t38-,39-,40-,44-,45-,51-,52+/m0/s1. The van der Waals surface area contributed by atoms with Crippen molar-refractivity contribution < 1.29 is 24.5 Å². The second kappa shape index (κ2) is 15.6. The molecule has 1 heterocycles. The zero-order valence-corrected chi connectivity index (χ0v) is 35.9. The molecule has 4 bridgehead atoms. The van der Waals surface area contributed by atoms with Crippen LogP contribution in [0.1, 0.15) is 118 Å². The minimum absolute atomic E-state index is 0.0162. The van der Waals surface area contributed by atoms with Gasteiger partial charge in [-0.15, -0.1) is 11.3 Å². The Morgan fingerprint density at radius 3 is 2.42 bits per heavy atom. The number of rotatable bonds is 7. The molecule has 0 radical (unpaired) electrons. The molecular weight excluding hydrogens is 751 g/mol. The molecule has 6 nitrogen and oxygen atoms in total. The van der Waals surface area contributed by atoms with Gasteiger partial charge in [-0.3, -0.25) is 4.79 Å². The number of carbonyl (C=O) groups is 2. The predicted molar refractivity (Wildman–Crippen MR) is 238 cm³/mol. The summed E-state index contributed by atoms with van der Waals surface area (Å²) in [6.45, 7) is 9.82. The Morgan fingerprint density at radius 1 is 0.864 bits per heavy atom. The van der Waals surface area contributed by atoms with Crippen molar-refractivity contribution in [3.8, 4) is 5.75 Å². The van der Waals surface area contributed by atoms with Crippen LogP contribution in [0.4, 0.5) is 4.79 Å². The van der Waals surface area contributed by atoms with Crippen LogP contribution in [0, 0.1) is 28.6 Å². The summed E-state index contributed by atoms with van der Waals surface area (Å²) in [6.07, 6.45) is 9.28. The van der Waals surface area contributed by atoms with Crippen LogP contribution in [0.25, 0.3) is 20.9 Å². The molecule has 11 rings (SSSR count). The molecule has 1 aromatic heterocycles. The summed E-state index contributed by atoms with van der Waals surface area (Å²) in [4.78, 5) is 32.0. The predicted octanol–water partition coefficient (Wildman–Crippen LogP) is 11.9. The van der Waals surface area contributed by atoms with Crippen molar-refractivity contribution in [1.82, 2.24) is 4.90 Å². The Kier molecular flexibility index (Phi) is 10.6. The first-order valence-corrected chi connectivity index (χ1v) is 22.8. The van der Waals surface area contributed by atoms with E-state index in [0.717, 1.165) is 57.2 Å². The fourth-order valence-electron chi connectivity index (χ4n) is 11.8. The van der Waals surface area contributed by atoms with Gasteiger partial charge in [0, 0.05) is 22.2 Å². The molecule has 7 atom stereocenters. The number of amides is 1. The lowest BCUT2D eigenvalue weighted by Crippen LogP contribution is -2.58. The van der Waals surface area contributed by atoms with Crippen molar-refractivity contribution in [2.75, 3.05) is 13.1 Å². The molecule has 5 aromatic rings. The lowest BCUT2D eigenvalue weighted by atomic mass is 9.45. The van der Waals surface area contributed by atoms with Crippen LogP contribution in [0.5, 0.6) is 5.75 Å². The van der Waals surface area contributed by atoms with E-state index in [9.17, 15) is 19.8 Å². The Hall–Kier alpha value is -4.30. The number of ether oxygens (including phenoxy) is 1. The van der Waals surface area contributed by atoms with Gasteiger partial charge in [0.05, 0.1) is 23.1 Å². The molecule has 2 N–H and O–H groups in total. The smallest absolute Gasteiger partial charge is 0.410 e. The number of carbonyl (C=O) groups excluding carboxylic acids is 2. The fraction of sp³-hybridized carbons (Fsp3) is 0.462. The molecule has 1 amide bonds. The summed E-state index contributed by atoms with van der Waals surface area (Å²) in [5.41, 5.74) is 2.08. The molecule has 0 spiro atoms. The zero-order chi connectivity index (χ0) is 41.1. The van der Waals surface area contributed by atoms with E-state index in [1.165, 1.54) is 29.8 Å². The molecule has 59 heavy (non-hydrogen) atoms. The largest absolute Gasteiger partial charge is 0.415 e. The number of thiophene rings is 1. The van der Waals surface area contributed by atoms with E-state index in [2.05, 4.69) is 58.0 Å². The van der Waals surface area contributed by atoms with Gasteiger partial charge in [0.1, 0.15) is 5.75 Å². The van der Waals surface area contributed by atoms with Crippen LogP contribution in [0.15, 0.2) is 103 Å². The van der Waals surface area contributed by atoms with Gasteiger partial charge in [-0.25, -0.2) is 4.79 Å². The Bertz CT molecular complexity index is 2400. The van der Waals surface area contributed by atoms with E-state index in [4.69, 9.17) is 4.74 Å². The lowest BCUT2D eigenvalue weighted by molar-refractivity contribution is -0.119. The minimum atomic E-state index is -1.25. The van der Waals surface area contributed by atoms with Crippen LogP contribution in [-0.4, -0.2) is 51.8 Å². The summed E-state index contributed by atoms with van der Waals surface area (Å²) in [5.74, 6) is 1.94. The number of benzene rings is 4. The average Bonchev–Trinajstić information content (AvgIpc) is 3.77. The summed E-state index contributed by atoms with van der Waals surface area (Å²) in [5, 5.41) is 27.7. The number of ketones is 1. The lowest BCUT2D eigenvalue weighted by Gasteiger charge is -2.60. The van der Waals surface area contributed by atoms with E-state index in [0.29, 0.717) is 66.7 Å². The normalized spacial score (nSPS) is 29.0. The van der Waals surface area contributed by atoms with Crippen molar-refractivity contribution in [3.63, 3.8) is 0 Å². The van der Waals surface area contributed by atoms with E-state index in [1.807, 2.05) is 71.6 Å². The van der Waals surface area contributed by atoms with Gasteiger partial charge < -0.3 is 19.8 Å².